The standard InChI is InChI=1S/C30H35F3N8O3/c1-8-26(42)35-20-15-21(25(44-7)16-24(20)39(6)14-13-38(4)5)36-28-34-17-19(30(31,32)33)27(37-28)41-23-12-10-9-11-22(23)40(18(2)3)29(41)43/h8-12,15-18H,1,13-14H2,2-7H3,(H,35,42)(H,34,36,37). The van der Waals surface area contributed by atoms with Gasteiger partial charge < -0.3 is 25.2 Å². The number of methoxy groups -OCH3 is 1. The number of ether oxygens (including phenoxy) is 1. The second-order valence-corrected chi connectivity index (χ2v) is 10.6. The topological polar surface area (TPSA) is 110 Å². The summed E-state index contributed by atoms with van der Waals surface area (Å²) in [7, 11) is 7.17. The van der Waals surface area contributed by atoms with Crippen LogP contribution in [0, 0.1) is 0 Å². The highest BCUT2D eigenvalue weighted by Crippen LogP contribution is 2.39. The molecule has 0 spiro atoms. The van der Waals surface area contributed by atoms with Crippen molar-refractivity contribution in [2.45, 2.75) is 26.1 Å². The lowest BCUT2D eigenvalue weighted by atomic mass is 10.2. The Labute approximate surface area is 252 Å². The maximum Gasteiger partial charge on any atom is 0.421 e. The number of likely N-dealkylation sites (N-methyl/N-ethyl adjacent to an activating group) is 2. The number of nitrogens with zero attached hydrogens (tertiary/aromatic N) is 6. The van der Waals surface area contributed by atoms with E-state index < -0.39 is 29.2 Å². The molecule has 0 saturated carbocycles. The molecule has 2 heterocycles. The lowest BCUT2D eigenvalue weighted by Gasteiger charge is -2.26. The molecule has 0 radical (unpaired) electrons. The van der Waals surface area contributed by atoms with Gasteiger partial charge in [0.1, 0.15) is 11.3 Å². The monoisotopic (exact) mass is 612 g/mol. The maximum atomic E-state index is 14.3. The lowest BCUT2D eigenvalue weighted by molar-refractivity contribution is -0.138. The SMILES string of the molecule is C=CC(=O)Nc1cc(Nc2ncc(C(F)(F)F)c(-n3c(=O)n(C(C)C)c4ccccc43)n2)c(OC)cc1N(C)CCN(C)C. The van der Waals surface area contributed by atoms with Crippen molar-refractivity contribution >= 4 is 40.0 Å². The number of aromatic nitrogens is 4. The molecule has 2 N–H and O–H groups in total. The number of anilines is 4. The van der Waals surface area contributed by atoms with Gasteiger partial charge in [-0.2, -0.15) is 18.2 Å². The van der Waals surface area contributed by atoms with E-state index >= 15 is 0 Å². The van der Waals surface area contributed by atoms with Crippen LogP contribution in [0.1, 0.15) is 25.5 Å². The van der Waals surface area contributed by atoms with E-state index in [1.165, 1.54) is 11.7 Å². The Bertz CT molecular complexity index is 1740. The number of carbonyl (C=O) groups excluding carboxylic acids is 1. The van der Waals surface area contributed by atoms with Crippen LogP contribution in [0.5, 0.6) is 5.75 Å². The number of fused-ring (bicyclic) bond motifs is 1. The Morgan fingerprint density at radius 1 is 1.11 bits per heavy atom. The van der Waals surface area contributed by atoms with Crippen LogP contribution in [0.2, 0.25) is 0 Å². The molecule has 0 aliphatic carbocycles. The zero-order valence-corrected chi connectivity index (χ0v) is 25.4. The molecular formula is C30H35F3N8O3. The summed E-state index contributed by atoms with van der Waals surface area (Å²) in [5.74, 6) is -1.01. The van der Waals surface area contributed by atoms with E-state index in [1.807, 2.05) is 30.9 Å². The fourth-order valence-corrected chi connectivity index (χ4v) is 4.70. The molecule has 2 aromatic carbocycles. The largest absolute Gasteiger partial charge is 0.494 e. The van der Waals surface area contributed by atoms with Gasteiger partial charge in [0.05, 0.1) is 35.2 Å². The number of hydrogen-bond donors (Lipinski definition) is 2. The Balaban J connectivity index is 1.88. The summed E-state index contributed by atoms with van der Waals surface area (Å²) in [5, 5.41) is 5.68. The van der Waals surface area contributed by atoms with Crippen LogP contribution in [-0.2, 0) is 11.0 Å². The number of para-hydroxylation sites is 2. The van der Waals surface area contributed by atoms with Crippen LogP contribution in [0.3, 0.4) is 0 Å². The number of benzene rings is 2. The zero-order chi connectivity index (χ0) is 32.3. The molecule has 14 heteroatoms. The Hall–Kier alpha value is -4.85. The number of hydrogen-bond acceptors (Lipinski definition) is 8. The minimum atomic E-state index is -4.85. The fraction of sp³-hybridized carbons (Fsp3) is 0.333. The van der Waals surface area contributed by atoms with Gasteiger partial charge in [0.15, 0.2) is 5.82 Å². The van der Waals surface area contributed by atoms with Crippen molar-refractivity contribution < 1.29 is 22.7 Å². The smallest absolute Gasteiger partial charge is 0.421 e. The average molecular weight is 613 g/mol. The summed E-state index contributed by atoms with van der Waals surface area (Å²) in [6, 6.07) is 9.50. The van der Waals surface area contributed by atoms with E-state index in [1.54, 1.807) is 50.2 Å². The van der Waals surface area contributed by atoms with Gasteiger partial charge in [0, 0.05) is 38.4 Å². The number of rotatable bonds is 11. The van der Waals surface area contributed by atoms with E-state index in [0.29, 0.717) is 35.4 Å². The quantitative estimate of drug-likeness (QED) is 0.227. The van der Waals surface area contributed by atoms with Gasteiger partial charge in [0.25, 0.3) is 0 Å². The Kier molecular flexibility index (Phi) is 9.33. The first-order valence-corrected chi connectivity index (χ1v) is 13.7. The first kappa shape index (κ1) is 32.1. The molecule has 11 nitrogen and oxygen atoms in total. The van der Waals surface area contributed by atoms with Gasteiger partial charge in [-0.15, -0.1) is 0 Å². The summed E-state index contributed by atoms with van der Waals surface area (Å²) >= 11 is 0. The summed E-state index contributed by atoms with van der Waals surface area (Å²) in [5.41, 5.74) is 0.160. The number of alkyl halides is 3. The van der Waals surface area contributed by atoms with Gasteiger partial charge in [0.2, 0.25) is 11.9 Å². The summed E-state index contributed by atoms with van der Waals surface area (Å²) in [4.78, 5) is 37.9. The minimum absolute atomic E-state index is 0.228. The number of halogens is 3. The Morgan fingerprint density at radius 2 is 1.80 bits per heavy atom. The molecule has 4 aromatic rings. The van der Waals surface area contributed by atoms with Gasteiger partial charge in [-0.05, 0) is 52.2 Å². The van der Waals surface area contributed by atoms with Crippen molar-refractivity contribution in [3.05, 3.63) is 71.3 Å². The third-order valence-corrected chi connectivity index (χ3v) is 6.88. The molecule has 44 heavy (non-hydrogen) atoms. The first-order valence-electron chi connectivity index (χ1n) is 13.7. The third-order valence-electron chi connectivity index (χ3n) is 6.88. The van der Waals surface area contributed by atoms with Gasteiger partial charge in [-0.25, -0.2) is 14.3 Å². The van der Waals surface area contributed by atoms with Gasteiger partial charge in [-0.3, -0.25) is 9.36 Å². The normalized spacial score (nSPS) is 11.7. The highest BCUT2D eigenvalue weighted by atomic mass is 19.4. The number of amides is 1. The minimum Gasteiger partial charge on any atom is -0.494 e. The molecule has 0 atom stereocenters. The predicted octanol–water partition coefficient (Wildman–Crippen LogP) is 5.06. The number of nitrogens with one attached hydrogen (secondary N) is 2. The highest BCUT2D eigenvalue weighted by Gasteiger charge is 2.37. The van der Waals surface area contributed by atoms with E-state index in [-0.39, 0.29) is 23.2 Å². The van der Waals surface area contributed by atoms with Crippen LogP contribution in [0.15, 0.2) is 60.0 Å². The Morgan fingerprint density at radius 3 is 2.39 bits per heavy atom. The maximum absolute atomic E-state index is 14.3. The van der Waals surface area contributed by atoms with Gasteiger partial charge >= 0.3 is 11.9 Å². The van der Waals surface area contributed by atoms with Crippen molar-refractivity contribution in [1.82, 2.24) is 24.0 Å². The van der Waals surface area contributed by atoms with E-state index in [0.717, 1.165) is 17.2 Å². The molecule has 1 amide bonds. The fourth-order valence-electron chi connectivity index (χ4n) is 4.70. The van der Waals surface area contributed by atoms with E-state index in [9.17, 15) is 22.8 Å². The summed E-state index contributed by atoms with van der Waals surface area (Å²) < 4.78 is 50.7. The van der Waals surface area contributed by atoms with Crippen molar-refractivity contribution in [1.29, 1.82) is 0 Å². The van der Waals surface area contributed by atoms with E-state index in [4.69, 9.17) is 4.74 Å². The second-order valence-electron chi connectivity index (χ2n) is 10.6. The van der Waals surface area contributed by atoms with E-state index in [2.05, 4.69) is 27.2 Å². The second kappa shape index (κ2) is 12.8. The molecule has 0 fully saturated rings. The van der Waals surface area contributed by atoms with Crippen molar-refractivity contribution in [3.63, 3.8) is 0 Å². The van der Waals surface area contributed by atoms with Crippen LogP contribution in [0.25, 0.3) is 16.9 Å². The van der Waals surface area contributed by atoms with Crippen LogP contribution < -0.4 is 26.0 Å². The van der Waals surface area contributed by atoms with Crippen LogP contribution in [-0.4, -0.2) is 71.3 Å². The van der Waals surface area contributed by atoms with Crippen LogP contribution >= 0.6 is 0 Å². The third kappa shape index (κ3) is 6.54. The average Bonchev–Trinajstić information content (AvgIpc) is 3.27. The van der Waals surface area contributed by atoms with Crippen LogP contribution in [0.4, 0.5) is 36.2 Å². The molecule has 4 rings (SSSR count). The summed E-state index contributed by atoms with van der Waals surface area (Å²) in [6.07, 6.45) is -3.10. The molecule has 0 saturated heterocycles. The zero-order valence-electron chi connectivity index (χ0n) is 25.4. The summed E-state index contributed by atoms with van der Waals surface area (Å²) in [6.45, 7) is 8.39. The predicted molar refractivity (Wildman–Crippen MR) is 165 cm³/mol. The lowest BCUT2D eigenvalue weighted by Crippen LogP contribution is -2.29. The van der Waals surface area contributed by atoms with Gasteiger partial charge in [-0.1, -0.05) is 18.7 Å². The highest BCUT2D eigenvalue weighted by molar-refractivity contribution is 6.02. The molecule has 0 bridgehead atoms. The molecular weight excluding hydrogens is 577 g/mol. The number of imidazole rings is 1. The molecule has 0 aliphatic rings. The van der Waals surface area contributed by atoms with Crippen molar-refractivity contribution in [3.8, 4) is 11.6 Å². The van der Waals surface area contributed by atoms with Crippen molar-refractivity contribution in [2.24, 2.45) is 0 Å². The first-order chi connectivity index (χ1) is 20.8. The molecule has 0 unspecified atom stereocenters. The molecule has 0 aliphatic heterocycles. The molecule has 234 valence electrons. The number of carbonyl (C=O) groups is 1. The van der Waals surface area contributed by atoms with Crippen molar-refractivity contribution in [2.75, 3.05) is 56.9 Å². The molecule has 2 aromatic heterocycles.